The van der Waals surface area contributed by atoms with Gasteiger partial charge >= 0.3 is 0 Å². The summed E-state index contributed by atoms with van der Waals surface area (Å²) in [5, 5.41) is 0. The summed E-state index contributed by atoms with van der Waals surface area (Å²) in [5.41, 5.74) is 5.28. The lowest BCUT2D eigenvalue weighted by Gasteiger charge is -2.22. The monoisotopic (exact) mass is 231 g/mol. The van der Waals surface area contributed by atoms with E-state index < -0.39 is 17.5 Å². The standard InChI is InChI=1S/C12H16F3N/c1-12(2,7-16)4-3-9-10(14)5-8(13)6-11(9)15/h5-6H,3-4,7,16H2,1-2H3. The first-order chi connectivity index (χ1) is 7.35. The summed E-state index contributed by atoms with van der Waals surface area (Å²) in [7, 11) is 0. The van der Waals surface area contributed by atoms with Crippen LogP contribution in [0, 0.1) is 22.9 Å². The van der Waals surface area contributed by atoms with Gasteiger partial charge in [-0.05, 0) is 24.8 Å². The molecule has 4 heteroatoms. The van der Waals surface area contributed by atoms with Crippen LogP contribution >= 0.6 is 0 Å². The molecule has 0 aromatic heterocycles. The third kappa shape index (κ3) is 3.23. The lowest BCUT2D eigenvalue weighted by atomic mass is 9.86. The minimum atomic E-state index is -0.892. The van der Waals surface area contributed by atoms with Crippen molar-refractivity contribution >= 4 is 0 Å². The number of benzene rings is 1. The highest BCUT2D eigenvalue weighted by atomic mass is 19.1. The van der Waals surface area contributed by atoms with Gasteiger partial charge in [-0.15, -0.1) is 0 Å². The Labute approximate surface area is 93.5 Å². The maximum absolute atomic E-state index is 13.3. The highest BCUT2D eigenvalue weighted by Crippen LogP contribution is 2.24. The highest BCUT2D eigenvalue weighted by molar-refractivity contribution is 5.21. The summed E-state index contributed by atoms with van der Waals surface area (Å²) in [6.07, 6.45) is 0.783. The van der Waals surface area contributed by atoms with Gasteiger partial charge < -0.3 is 5.73 Å². The number of hydrogen-bond acceptors (Lipinski definition) is 1. The predicted octanol–water partition coefficient (Wildman–Crippen LogP) is 3.02. The second kappa shape index (κ2) is 4.87. The van der Waals surface area contributed by atoms with Crippen LogP contribution in [-0.4, -0.2) is 6.54 Å². The Kier molecular flexibility index (Phi) is 3.97. The lowest BCUT2D eigenvalue weighted by molar-refractivity contribution is 0.342. The molecule has 1 aromatic rings. The topological polar surface area (TPSA) is 26.0 Å². The molecule has 0 heterocycles. The maximum atomic E-state index is 13.3. The molecule has 0 aliphatic carbocycles. The molecule has 0 saturated heterocycles. The Morgan fingerprint density at radius 3 is 2.06 bits per heavy atom. The van der Waals surface area contributed by atoms with Crippen LogP contribution < -0.4 is 5.73 Å². The highest BCUT2D eigenvalue weighted by Gasteiger charge is 2.18. The first kappa shape index (κ1) is 13.0. The van der Waals surface area contributed by atoms with Crippen LogP contribution in [0.5, 0.6) is 0 Å². The summed E-state index contributed by atoms with van der Waals surface area (Å²) in [5.74, 6) is -2.55. The van der Waals surface area contributed by atoms with E-state index in [2.05, 4.69) is 0 Å². The maximum Gasteiger partial charge on any atom is 0.132 e. The van der Waals surface area contributed by atoms with Crippen molar-refractivity contribution < 1.29 is 13.2 Å². The van der Waals surface area contributed by atoms with Crippen LogP contribution in [0.25, 0.3) is 0 Å². The number of halogens is 3. The predicted molar refractivity (Wildman–Crippen MR) is 57.5 cm³/mol. The average molecular weight is 231 g/mol. The van der Waals surface area contributed by atoms with Crippen molar-refractivity contribution in [1.82, 2.24) is 0 Å². The molecule has 90 valence electrons. The van der Waals surface area contributed by atoms with E-state index in [0.29, 0.717) is 25.1 Å². The third-order valence-corrected chi connectivity index (χ3v) is 2.71. The molecule has 0 atom stereocenters. The summed E-state index contributed by atoms with van der Waals surface area (Å²) in [6, 6.07) is 1.40. The Bertz CT molecular complexity index is 352. The number of nitrogens with two attached hydrogens (primary N) is 1. The van der Waals surface area contributed by atoms with Crippen molar-refractivity contribution in [3.8, 4) is 0 Å². The summed E-state index contributed by atoms with van der Waals surface area (Å²) in [4.78, 5) is 0. The molecule has 0 unspecified atom stereocenters. The Morgan fingerprint density at radius 2 is 1.62 bits per heavy atom. The quantitative estimate of drug-likeness (QED) is 0.846. The molecule has 0 aliphatic rings. The lowest BCUT2D eigenvalue weighted by Crippen LogP contribution is -2.24. The van der Waals surface area contributed by atoms with E-state index in [4.69, 9.17) is 5.73 Å². The summed E-state index contributed by atoms with van der Waals surface area (Å²) >= 11 is 0. The fourth-order valence-electron chi connectivity index (χ4n) is 1.38. The number of rotatable bonds is 4. The third-order valence-electron chi connectivity index (χ3n) is 2.71. The fourth-order valence-corrected chi connectivity index (χ4v) is 1.38. The van der Waals surface area contributed by atoms with Crippen LogP contribution in [0.3, 0.4) is 0 Å². The van der Waals surface area contributed by atoms with Crippen LogP contribution in [0.15, 0.2) is 12.1 Å². The van der Waals surface area contributed by atoms with Crippen LogP contribution in [0.1, 0.15) is 25.8 Å². The summed E-state index contributed by atoms with van der Waals surface area (Å²) < 4.78 is 39.2. The van der Waals surface area contributed by atoms with Gasteiger partial charge in [-0.3, -0.25) is 0 Å². The van der Waals surface area contributed by atoms with E-state index in [-0.39, 0.29) is 17.4 Å². The van der Waals surface area contributed by atoms with E-state index >= 15 is 0 Å². The minimum absolute atomic E-state index is 0.0667. The first-order valence-corrected chi connectivity index (χ1v) is 5.19. The van der Waals surface area contributed by atoms with E-state index in [0.717, 1.165) is 0 Å². The second-order valence-corrected chi connectivity index (χ2v) is 4.72. The molecule has 0 fully saturated rings. The molecule has 0 saturated carbocycles. The molecule has 2 N–H and O–H groups in total. The van der Waals surface area contributed by atoms with Gasteiger partial charge in [-0.2, -0.15) is 0 Å². The zero-order chi connectivity index (χ0) is 12.3. The molecule has 1 rings (SSSR count). The van der Waals surface area contributed by atoms with Gasteiger partial charge in [0.25, 0.3) is 0 Å². The Morgan fingerprint density at radius 1 is 1.12 bits per heavy atom. The van der Waals surface area contributed by atoms with Crippen molar-refractivity contribution in [2.24, 2.45) is 11.1 Å². The van der Waals surface area contributed by atoms with E-state index in [9.17, 15) is 13.2 Å². The molecule has 0 bridgehead atoms. The summed E-state index contributed by atoms with van der Waals surface area (Å²) in [6.45, 7) is 4.29. The number of hydrogen-bond donors (Lipinski definition) is 1. The van der Waals surface area contributed by atoms with Gasteiger partial charge in [0.15, 0.2) is 0 Å². The van der Waals surface area contributed by atoms with Crippen LogP contribution in [-0.2, 0) is 6.42 Å². The second-order valence-electron chi connectivity index (χ2n) is 4.72. The largest absolute Gasteiger partial charge is 0.330 e. The van der Waals surface area contributed by atoms with Crippen molar-refractivity contribution in [3.05, 3.63) is 35.1 Å². The van der Waals surface area contributed by atoms with Crippen molar-refractivity contribution in [2.45, 2.75) is 26.7 Å². The van der Waals surface area contributed by atoms with Crippen LogP contribution in [0.2, 0.25) is 0 Å². The average Bonchev–Trinajstić information content (AvgIpc) is 2.16. The molecular formula is C12H16F3N. The molecule has 0 amide bonds. The van der Waals surface area contributed by atoms with Crippen molar-refractivity contribution in [1.29, 1.82) is 0 Å². The normalized spacial score (nSPS) is 11.9. The molecular weight excluding hydrogens is 215 g/mol. The fraction of sp³-hybridized carbons (Fsp3) is 0.500. The molecule has 1 nitrogen and oxygen atoms in total. The Hall–Kier alpha value is -1.03. The van der Waals surface area contributed by atoms with E-state index in [1.165, 1.54) is 0 Å². The van der Waals surface area contributed by atoms with Crippen LogP contribution in [0.4, 0.5) is 13.2 Å². The smallest absolute Gasteiger partial charge is 0.132 e. The van der Waals surface area contributed by atoms with E-state index in [1.807, 2.05) is 13.8 Å². The molecule has 0 radical (unpaired) electrons. The van der Waals surface area contributed by atoms with Gasteiger partial charge in [0, 0.05) is 17.7 Å². The Balaban J connectivity index is 2.82. The molecule has 0 aliphatic heterocycles. The van der Waals surface area contributed by atoms with Gasteiger partial charge in [0.2, 0.25) is 0 Å². The molecule has 0 spiro atoms. The van der Waals surface area contributed by atoms with Gasteiger partial charge in [-0.25, -0.2) is 13.2 Å². The van der Waals surface area contributed by atoms with Gasteiger partial charge in [0.1, 0.15) is 17.5 Å². The SMILES string of the molecule is CC(C)(CN)CCc1c(F)cc(F)cc1F. The molecule has 16 heavy (non-hydrogen) atoms. The first-order valence-electron chi connectivity index (χ1n) is 5.19. The zero-order valence-electron chi connectivity index (χ0n) is 9.49. The minimum Gasteiger partial charge on any atom is -0.330 e. The molecule has 1 aromatic carbocycles. The van der Waals surface area contributed by atoms with Crippen molar-refractivity contribution in [2.75, 3.05) is 6.54 Å². The van der Waals surface area contributed by atoms with Gasteiger partial charge in [-0.1, -0.05) is 13.8 Å². The van der Waals surface area contributed by atoms with Gasteiger partial charge in [0.05, 0.1) is 0 Å². The van der Waals surface area contributed by atoms with Crippen molar-refractivity contribution in [3.63, 3.8) is 0 Å². The van der Waals surface area contributed by atoms with E-state index in [1.54, 1.807) is 0 Å². The zero-order valence-corrected chi connectivity index (χ0v) is 9.49.